The summed E-state index contributed by atoms with van der Waals surface area (Å²) in [5.74, 6) is -0.223. The Bertz CT molecular complexity index is 880. The normalized spacial score (nSPS) is 10.8. The van der Waals surface area contributed by atoms with Gasteiger partial charge in [0.2, 0.25) is 5.91 Å². The average molecular weight is 310 g/mol. The van der Waals surface area contributed by atoms with E-state index in [-0.39, 0.29) is 18.1 Å². The number of benzene rings is 1. The van der Waals surface area contributed by atoms with E-state index in [2.05, 4.69) is 10.4 Å². The van der Waals surface area contributed by atoms with Crippen molar-refractivity contribution in [3.8, 4) is 0 Å². The lowest BCUT2D eigenvalue weighted by Gasteiger charge is -2.07. The van der Waals surface area contributed by atoms with Crippen LogP contribution in [-0.2, 0) is 17.8 Å². The maximum atomic E-state index is 12.3. The third-order valence-corrected chi connectivity index (χ3v) is 3.72. The number of nitrogens with zero attached hydrogens (tertiary/aromatic N) is 3. The van der Waals surface area contributed by atoms with Gasteiger partial charge in [-0.3, -0.25) is 9.20 Å². The van der Waals surface area contributed by atoms with Crippen LogP contribution in [0.25, 0.3) is 5.52 Å². The van der Waals surface area contributed by atoms with Crippen LogP contribution >= 0.6 is 0 Å². The molecular formula is C17H18N4O2. The van der Waals surface area contributed by atoms with Crippen molar-refractivity contribution in [2.45, 2.75) is 19.9 Å². The highest BCUT2D eigenvalue weighted by Crippen LogP contribution is 2.03. The van der Waals surface area contributed by atoms with Gasteiger partial charge in [0, 0.05) is 12.2 Å². The zero-order chi connectivity index (χ0) is 16.2. The molecular weight excluding hydrogens is 292 g/mol. The first-order chi connectivity index (χ1) is 11.1. The molecule has 23 heavy (non-hydrogen) atoms. The number of fused-ring (bicyclic) bond motifs is 1. The summed E-state index contributed by atoms with van der Waals surface area (Å²) < 4.78 is 2.72. The zero-order valence-corrected chi connectivity index (χ0v) is 12.9. The summed E-state index contributed by atoms with van der Waals surface area (Å²) in [6.45, 7) is 2.29. The van der Waals surface area contributed by atoms with Crippen molar-refractivity contribution in [3.05, 3.63) is 70.4 Å². The van der Waals surface area contributed by atoms with Gasteiger partial charge in [-0.25, -0.2) is 9.48 Å². The number of rotatable bonds is 5. The van der Waals surface area contributed by atoms with Crippen molar-refractivity contribution in [1.82, 2.24) is 19.5 Å². The highest BCUT2D eigenvalue weighted by molar-refractivity contribution is 5.75. The first kappa shape index (κ1) is 15.0. The largest absolute Gasteiger partial charge is 0.354 e. The van der Waals surface area contributed by atoms with Crippen LogP contribution in [0.2, 0.25) is 0 Å². The Kier molecular flexibility index (Phi) is 4.23. The van der Waals surface area contributed by atoms with Crippen LogP contribution in [-0.4, -0.2) is 26.6 Å². The van der Waals surface area contributed by atoms with Gasteiger partial charge in [0.05, 0.1) is 11.7 Å². The molecule has 0 radical (unpaired) electrons. The van der Waals surface area contributed by atoms with E-state index >= 15 is 0 Å². The summed E-state index contributed by atoms with van der Waals surface area (Å²) in [7, 11) is 0. The molecule has 0 saturated carbocycles. The highest BCUT2D eigenvalue weighted by Gasteiger charge is 2.09. The number of carbonyl (C=O) groups excluding carboxylic acids is 1. The van der Waals surface area contributed by atoms with Crippen molar-refractivity contribution in [2.75, 3.05) is 6.54 Å². The van der Waals surface area contributed by atoms with Gasteiger partial charge in [-0.05, 0) is 31.0 Å². The lowest BCUT2D eigenvalue weighted by Crippen LogP contribution is -2.36. The van der Waals surface area contributed by atoms with E-state index in [0.29, 0.717) is 6.54 Å². The minimum absolute atomic E-state index is 0.0822. The number of hydrogen-bond donors (Lipinski definition) is 1. The molecule has 0 aliphatic rings. The fraction of sp³-hybridized carbons (Fsp3) is 0.235. The third-order valence-electron chi connectivity index (χ3n) is 3.72. The van der Waals surface area contributed by atoms with Crippen LogP contribution in [0.5, 0.6) is 0 Å². The summed E-state index contributed by atoms with van der Waals surface area (Å²) in [5, 5.41) is 6.86. The predicted molar refractivity (Wildman–Crippen MR) is 87.3 cm³/mol. The second-order valence-electron chi connectivity index (χ2n) is 5.41. The molecule has 2 aromatic heterocycles. The van der Waals surface area contributed by atoms with Gasteiger partial charge in [-0.15, -0.1) is 0 Å². The molecule has 0 bridgehead atoms. The van der Waals surface area contributed by atoms with E-state index < -0.39 is 0 Å². The Morgan fingerprint density at radius 1 is 1.17 bits per heavy atom. The second kappa shape index (κ2) is 6.48. The van der Waals surface area contributed by atoms with Crippen LogP contribution in [0.4, 0.5) is 0 Å². The van der Waals surface area contributed by atoms with Crippen LogP contribution in [0.1, 0.15) is 11.3 Å². The molecule has 1 amide bonds. The Morgan fingerprint density at radius 3 is 2.74 bits per heavy atom. The Balaban J connectivity index is 1.63. The summed E-state index contributed by atoms with van der Waals surface area (Å²) in [6, 6.07) is 13.6. The minimum Gasteiger partial charge on any atom is -0.354 e. The number of carbonyl (C=O) groups is 1. The van der Waals surface area contributed by atoms with Crippen molar-refractivity contribution < 1.29 is 4.79 Å². The molecule has 0 unspecified atom stereocenters. The quantitative estimate of drug-likeness (QED) is 0.769. The molecule has 6 heteroatoms. The molecule has 2 heterocycles. The Hall–Kier alpha value is -2.89. The first-order valence-electron chi connectivity index (χ1n) is 7.50. The van der Waals surface area contributed by atoms with E-state index in [1.807, 2.05) is 49.4 Å². The van der Waals surface area contributed by atoms with E-state index in [1.165, 1.54) is 4.68 Å². The molecule has 0 aliphatic carbocycles. The van der Waals surface area contributed by atoms with Crippen molar-refractivity contribution in [1.29, 1.82) is 0 Å². The van der Waals surface area contributed by atoms with Crippen LogP contribution in [0, 0.1) is 6.92 Å². The van der Waals surface area contributed by atoms with Gasteiger partial charge in [0.25, 0.3) is 0 Å². The van der Waals surface area contributed by atoms with Crippen molar-refractivity contribution >= 4 is 11.4 Å². The molecule has 0 fully saturated rings. The molecule has 118 valence electrons. The minimum atomic E-state index is -0.303. The van der Waals surface area contributed by atoms with Crippen LogP contribution in [0.15, 0.2) is 53.5 Å². The molecule has 1 aromatic carbocycles. The van der Waals surface area contributed by atoms with Crippen molar-refractivity contribution in [3.63, 3.8) is 0 Å². The number of nitrogens with one attached hydrogen (secondary N) is 1. The molecule has 6 nitrogen and oxygen atoms in total. The van der Waals surface area contributed by atoms with Crippen molar-refractivity contribution in [2.24, 2.45) is 0 Å². The predicted octanol–water partition coefficient (Wildman–Crippen LogP) is 1.16. The van der Waals surface area contributed by atoms with Crippen LogP contribution < -0.4 is 11.0 Å². The number of aryl methyl sites for hydroxylation is 1. The van der Waals surface area contributed by atoms with E-state index in [4.69, 9.17) is 0 Å². The van der Waals surface area contributed by atoms with Gasteiger partial charge in [0.1, 0.15) is 6.54 Å². The lowest BCUT2D eigenvalue weighted by molar-refractivity contribution is -0.121. The number of aromatic nitrogens is 3. The van der Waals surface area contributed by atoms with E-state index in [0.717, 1.165) is 23.2 Å². The standard InChI is InChI=1S/C17H18N4O2/c1-13-7-8-15-11-19-20(17(23)21(13)15)12-16(22)18-10-9-14-5-3-2-4-6-14/h2-8,11H,9-10,12H2,1H3,(H,18,22). The monoisotopic (exact) mass is 310 g/mol. The summed E-state index contributed by atoms with van der Waals surface area (Å²) >= 11 is 0. The molecule has 3 aromatic rings. The van der Waals surface area contributed by atoms with Gasteiger partial charge >= 0.3 is 5.69 Å². The van der Waals surface area contributed by atoms with E-state index in [9.17, 15) is 9.59 Å². The maximum absolute atomic E-state index is 12.3. The summed E-state index contributed by atoms with van der Waals surface area (Å²) in [5.41, 5.74) is 2.41. The molecule has 0 atom stereocenters. The van der Waals surface area contributed by atoms with E-state index in [1.54, 1.807) is 10.6 Å². The fourth-order valence-electron chi connectivity index (χ4n) is 2.51. The van der Waals surface area contributed by atoms with Gasteiger partial charge in [0.15, 0.2) is 0 Å². The average Bonchev–Trinajstić information content (AvgIpc) is 2.93. The molecule has 0 aliphatic heterocycles. The second-order valence-corrected chi connectivity index (χ2v) is 5.41. The Morgan fingerprint density at radius 2 is 1.96 bits per heavy atom. The first-order valence-corrected chi connectivity index (χ1v) is 7.50. The number of amides is 1. The third kappa shape index (κ3) is 3.31. The van der Waals surface area contributed by atoms with Crippen LogP contribution in [0.3, 0.4) is 0 Å². The summed E-state index contributed by atoms with van der Waals surface area (Å²) in [6.07, 6.45) is 2.34. The molecule has 3 rings (SSSR count). The Labute approximate surface area is 133 Å². The molecule has 0 saturated heterocycles. The fourth-order valence-corrected chi connectivity index (χ4v) is 2.51. The lowest BCUT2D eigenvalue weighted by atomic mass is 10.1. The molecule has 1 N–H and O–H groups in total. The molecule has 0 spiro atoms. The van der Waals surface area contributed by atoms with Gasteiger partial charge in [-0.2, -0.15) is 5.10 Å². The van der Waals surface area contributed by atoms with Gasteiger partial charge in [-0.1, -0.05) is 30.3 Å². The SMILES string of the molecule is Cc1ccc2cnn(CC(=O)NCCc3ccccc3)c(=O)n12. The van der Waals surface area contributed by atoms with Gasteiger partial charge < -0.3 is 5.32 Å². The smallest absolute Gasteiger partial charge is 0.349 e. The highest BCUT2D eigenvalue weighted by atomic mass is 16.2. The maximum Gasteiger partial charge on any atom is 0.349 e. The summed E-state index contributed by atoms with van der Waals surface area (Å²) in [4.78, 5) is 24.3. The topological polar surface area (TPSA) is 68.4 Å². The zero-order valence-electron chi connectivity index (χ0n) is 12.9. The number of hydrogen-bond acceptors (Lipinski definition) is 3.